The summed E-state index contributed by atoms with van der Waals surface area (Å²) in [7, 11) is 0. The Labute approximate surface area is 141 Å². The summed E-state index contributed by atoms with van der Waals surface area (Å²) in [6.45, 7) is 0. The van der Waals surface area contributed by atoms with Crippen LogP contribution in [0.3, 0.4) is 0 Å². The number of aromatic nitrogens is 1. The highest BCUT2D eigenvalue weighted by Crippen LogP contribution is 2.30. The fourth-order valence-corrected chi connectivity index (χ4v) is 2.46. The summed E-state index contributed by atoms with van der Waals surface area (Å²) in [5.74, 6) is -1.92. The van der Waals surface area contributed by atoms with Gasteiger partial charge in [-0.2, -0.15) is 13.2 Å². The van der Waals surface area contributed by atoms with E-state index in [9.17, 15) is 18.0 Å². The van der Waals surface area contributed by atoms with Gasteiger partial charge in [0.25, 0.3) is 5.78 Å². The van der Waals surface area contributed by atoms with E-state index in [4.69, 9.17) is 0 Å². The van der Waals surface area contributed by atoms with Gasteiger partial charge in [0, 0.05) is 23.9 Å². The minimum atomic E-state index is -4.88. The molecule has 6 heteroatoms. The van der Waals surface area contributed by atoms with Gasteiger partial charge in [0.1, 0.15) is 0 Å². The number of pyridine rings is 1. The molecule has 3 aromatic rings. The average Bonchev–Trinajstić information content (AvgIpc) is 2.61. The Kier molecular flexibility index (Phi) is 4.52. The number of carbonyl (C=O) groups excluding carboxylic acids is 1. The summed E-state index contributed by atoms with van der Waals surface area (Å²) in [5.41, 5.74) is 3.09. The number of benzene rings is 2. The van der Waals surface area contributed by atoms with E-state index < -0.39 is 12.0 Å². The molecule has 25 heavy (non-hydrogen) atoms. The molecule has 0 atom stereocenters. The van der Waals surface area contributed by atoms with Crippen LogP contribution in [0.2, 0.25) is 0 Å². The molecule has 0 aliphatic heterocycles. The number of carbonyl (C=O) groups is 1. The molecule has 1 N–H and O–H groups in total. The zero-order valence-corrected chi connectivity index (χ0v) is 12.9. The number of nitrogens with one attached hydrogen (secondary N) is 1. The van der Waals surface area contributed by atoms with E-state index in [-0.39, 0.29) is 0 Å². The summed E-state index contributed by atoms with van der Waals surface area (Å²) in [6.07, 6.45) is -1.81. The van der Waals surface area contributed by atoms with Crippen molar-refractivity contribution in [2.45, 2.75) is 6.18 Å². The van der Waals surface area contributed by atoms with Crippen molar-refractivity contribution in [1.29, 1.82) is 0 Å². The van der Waals surface area contributed by atoms with Gasteiger partial charge in [-0.25, -0.2) is 0 Å². The molecule has 2 aromatic carbocycles. The lowest BCUT2D eigenvalue weighted by atomic mass is 10.0. The van der Waals surface area contributed by atoms with Crippen LogP contribution in [0.5, 0.6) is 0 Å². The first kappa shape index (κ1) is 16.7. The Hall–Kier alpha value is -3.15. The SMILES string of the molecule is O=C(/C=C\Nc1cccc2c(-c3ccccc3)ccnc12)C(F)(F)F. The summed E-state index contributed by atoms with van der Waals surface area (Å²) in [4.78, 5) is 15.2. The fourth-order valence-electron chi connectivity index (χ4n) is 2.46. The molecule has 0 saturated heterocycles. The van der Waals surface area contributed by atoms with Crippen molar-refractivity contribution in [3.63, 3.8) is 0 Å². The maximum atomic E-state index is 12.2. The lowest BCUT2D eigenvalue weighted by Crippen LogP contribution is -2.20. The first-order valence-corrected chi connectivity index (χ1v) is 7.44. The summed E-state index contributed by atoms with van der Waals surface area (Å²) < 4.78 is 36.7. The molecule has 3 nitrogen and oxygen atoms in total. The van der Waals surface area contributed by atoms with E-state index in [2.05, 4.69) is 10.3 Å². The van der Waals surface area contributed by atoms with Crippen molar-refractivity contribution in [3.8, 4) is 11.1 Å². The second-order valence-electron chi connectivity index (χ2n) is 5.27. The van der Waals surface area contributed by atoms with Gasteiger partial charge < -0.3 is 5.32 Å². The molecule has 0 unspecified atom stereocenters. The number of allylic oxidation sites excluding steroid dienone is 1. The van der Waals surface area contributed by atoms with Gasteiger partial charge in [-0.05, 0) is 23.3 Å². The van der Waals surface area contributed by atoms with E-state index in [0.29, 0.717) is 17.3 Å². The second kappa shape index (κ2) is 6.76. The summed E-state index contributed by atoms with van der Waals surface area (Å²) >= 11 is 0. The fraction of sp³-hybridized carbons (Fsp3) is 0.0526. The summed E-state index contributed by atoms with van der Waals surface area (Å²) in [6, 6.07) is 16.9. The molecular formula is C19H13F3N2O. The molecule has 0 saturated carbocycles. The van der Waals surface area contributed by atoms with Gasteiger partial charge >= 0.3 is 6.18 Å². The quantitative estimate of drug-likeness (QED) is 0.682. The molecule has 0 fully saturated rings. The zero-order chi connectivity index (χ0) is 17.9. The molecule has 1 heterocycles. The van der Waals surface area contributed by atoms with Crippen molar-refractivity contribution in [2.75, 3.05) is 5.32 Å². The molecule has 126 valence electrons. The number of hydrogen-bond acceptors (Lipinski definition) is 3. The normalized spacial score (nSPS) is 11.8. The maximum absolute atomic E-state index is 12.2. The monoisotopic (exact) mass is 342 g/mol. The number of alkyl halides is 3. The van der Waals surface area contributed by atoms with Crippen LogP contribution in [0.4, 0.5) is 18.9 Å². The van der Waals surface area contributed by atoms with Crippen LogP contribution < -0.4 is 5.32 Å². The molecule has 0 spiro atoms. The molecule has 0 amide bonds. The van der Waals surface area contributed by atoms with Crippen LogP contribution in [0.15, 0.2) is 73.1 Å². The minimum absolute atomic E-state index is 0.458. The molecule has 0 bridgehead atoms. The highest BCUT2D eigenvalue weighted by molar-refractivity contribution is 6.01. The molecule has 3 rings (SSSR count). The van der Waals surface area contributed by atoms with Crippen LogP contribution in [0, 0.1) is 0 Å². The van der Waals surface area contributed by atoms with Crippen LogP contribution >= 0.6 is 0 Å². The molecule has 1 aromatic heterocycles. The average molecular weight is 342 g/mol. The third-order valence-electron chi connectivity index (χ3n) is 3.61. The number of halogens is 3. The second-order valence-corrected chi connectivity index (χ2v) is 5.27. The van der Waals surface area contributed by atoms with Crippen molar-refractivity contribution in [1.82, 2.24) is 4.98 Å². The zero-order valence-electron chi connectivity index (χ0n) is 12.9. The largest absolute Gasteiger partial charge is 0.454 e. The number of rotatable bonds is 4. The predicted molar refractivity (Wildman–Crippen MR) is 91.0 cm³/mol. The Morgan fingerprint density at radius 1 is 1.00 bits per heavy atom. The van der Waals surface area contributed by atoms with E-state index >= 15 is 0 Å². The number of nitrogens with zero attached hydrogens (tertiary/aromatic N) is 1. The first-order valence-electron chi connectivity index (χ1n) is 7.44. The standard InChI is InChI=1S/C19H13F3N2O/c20-19(21,22)17(25)10-12-23-16-8-4-7-15-14(9-11-24-18(15)16)13-5-2-1-3-6-13/h1-12,23H/b12-10-. The highest BCUT2D eigenvalue weighted by Gasteiger charge is 2.36. The first-order chi connectivity index (χ1) is 12.0. The molecule has 0 radical (unpaired) electrons. The summed E-state index contributed by atoms with van der Waals surface area (Å²) in [5, 5.41) is 3.56. The van der Waals surface area contributed by atoms with E-state index in [1.807, 2.05) is 42.5 Å². The number of hydrogen-bond donors (Lipinski definition) is 1. The number of para-hydroxylation sites is 1. The maximum Gasteiger partial charge on any atom is 0.454 e. The van der Waals surface area contributed by atoms with E-state index in [0.717, 1.165) is 22.7 Å². The number of anilines is 1. The van der Waals surface area contributed by atoms with Crippen LogP contribution in [0.25, 0.3) is 22.0 Å². The van der Waals surface area contributed by atoms with Crippen LogP contribution in [-0.2, 0) is 4.79 Å². The molecule has 0 aliphatic carbocycles. The van der Waals surface area contributed by atoms with Gasteiger partial charge in [-0.1, -0.05) is 42.5 Å². The minimum Gasteiger partial charge on any atom is -0.360 e. The smallest absolute Gasteiger partial charge is 0.360 e. The Morgan fingerprint density at radius 3 is 2.48 bits per heavy atom. The lowest BCUT2D eigenvalue weighted by molar-refractivity contribution is -0.165. The third-order valence-corrected chi connectivity index (χ3v) is 3.61. The topological polar surface area (TPSA) is 42.0 Å². The van der Waals surface area contributed by atoms with Crippen molar-refractivity contribution in [2.24, 2.45) is 0 Å². The predicted octanol–water partition coefficient (Wildman–Crippen LogP) is 4.96. The van der Waals surface area contributed by atoms with Gasteiger partial charge in [0.05, 0.1) is 11.2 Å². The van der Waals surface area contributed by atoms with Crippen molar-refractivity contribution in [3.05, 3.63) is 73.1 Å². The van der Waals surface area contributed by atoms with Crippen molar-refractivity contribution >= 4 is 22.4 Å². The van der Waals surface area contributed by atoms with E-state index in [1.54, 1.807) is 18.3 Å². The van der Waals surface area contributed by atoms with Crippen molar-refractivity contribution < 1.29 is 18.0 Å². The molecule has 0 aliphatic rings. The van der Waals surface area contributed by atoms with E-state index in [1.165, 1.54) is 0 Å². The highest BCUT2D eigenvalue weighted by atomic mass is 19.4. The molecular weight excluding hydrogens is 329 g/mol. The van der Waals surface area contributed by atoms with Gasteiger partial charge in [0.2, 0.25) is 0 Å². The van der Waals surface area contributed by atoms with Crippen LogP contribution in [0.1, 0.15) is 0 Å². The van der Waals surface area contributed by atoms with Gasteiger partial charge in [-0.3, -0.25) is 9.78 Å². The Balaban J connectivity index is 1.96. The van der Waals surface area contributed by atoms with Gasteiger partial charge in [-0.15, -0.1) is 0 Å². The Bertz CT molecular complexity index is 934. The number of ketones is 1. The third kappa shape index (κ3) is 3.68. The van der Waals surface area contributed by atoms with Crippen LogP contribution in [-0.4, -0.2) is 16.9 Å². The number of fused-ring (bicyclic) bond motifs is 1. The lowest BCUT2D eigenvalue weighted by Gasteiger charge is -2.10. The van der Waals surface area contributed by atoms with Gasteiger partial charge in [0.15, 0.2) is 0 Å². The Morgan fingerprint density at radius 2 is 1.76 bits per heavy atom.